The van der Waals surface area contributed by atoms with Gasteiger partial charge in [-0.15, -0.1) is 0 Å². The molecule has 0 amide bonds. The van der Waals surface area contributed by atoms with Crippen molar-refractivity contribution in [3.63, 3.8) is 0 Å². The normalized spacial score (nSPS) is 11.2. The van der Waals surface area contributed by atoms with E-state index in [9.17, 15) is 13.2 Å². The molecule has 2 aromatic carbocycles. The molecule has 116 valence electrons. The van der Waals surface area contributed by atoms with Crippen molar-refractivity contribution in [1.29, 1.82) is 0 Å². The van der Waals surface area contributed by atoms with Crippen LogP contribution in [-0.2, 0) is 9.84 Å². The summed E-state index contributed by atoms with van der Waals surface area (Å²) in [6, 6.07) is 11.0. The predicted octanol–water partition coefficient (Wildman–Crippen LogP) is 3.31. The Morgan fingerprint density at radius 3 is 2.32 bits per heavy atom. The van der Waals surface area contributed by atoms with E-state index in [1.807, 2.05) is 13.0 Å². The second-order valence-electron chi connectivity index (χ2n) is 4.94. The molecule has 2 aromatic rings. The number of sulfone groups is 1. The van der Waals surface area contributed by atoms with E-state index in [1.165, 1.54) is 24.3 Å². The molecule has 0 saturated carbocycles. The van der Waals surface area contributed by atoms with Gasteiger partial charge in [-0.3, -0.25) is 4.79 Å². The molecule has 0 fully saturated rings. The van der Waals surface area contributed by atoms with Crippen LogP contribution in [-0.4, -0.2) is 27.1 Å². The van der Waals surface area contributed by atoms with E-state index < -0.39 is 9.84 Å². The van der Waals surface area contributed by atoms with Crippen LogP contribution in [0.25, 0.3) is 0 Å². The van der Waals surface area contributed by atoms with Crippen molar-refractivity contribution in [2.45, 2.75) is 11.8 Å². The first-order valence-electron chi connectivity index (χ1n) is 6.49. The predicted molar refractivity (Wildman–Crippen MR) is 85.6 cm³/mol. The highest BCUT2D eigenvalue weighted by atomic mass is 35.5. The Labute approximate surface area is 134 Å². The van der Waals surface area contributed by atoms with Gasteiger partial charge in [0.05, 0.1) is 9.92 Å². The summed E-state index contributed by atoms with van der Waals surface area (Å²) < 4.78 is 28.1. The zero-order valence-corrected chi connectivity index (χ0v) is 13.7. The number of ketones is 1. The standard InChI is InChI=1S/C16H15ClO4S/c1-11-3-8-16(14(17)9-11)21-10-15(18)12-4-6-13(7-5-12)22(2,19)20/h3-9H,10H2,1-2H3. The Bertz CT molecular complexity index is 795. The van der Waals surface area contributed by atoms with Gasteiger partial charge in [0.25, 0.3) is 0 Å². The van der Waals surface area contributed by atoms with Gasteiger partial charge in [0.15, 0.2) is 22.2 Å². The van der Waals surface area contributed by atoms with E-state index in [-0.39, 0.29) is 17.3 Å². The highest BCUT2D eigenvalue weighted by molar-refractivity contribution is 7.90. The van der Waals surface area contributed by atoms with E-state index >= 15 is 0 Å². The molecule has 0 atom stereocenters. The minimum absolute atomic E-state index is 0.166. The van der Waals surface area contributed by atoms with Gasteiger partial charge in [-0.25, -0.2) is 8.42 Å². The van der Waals surface area contributed by atoms with Gasteiger partial charge in [-0.05, 0) is 48.9 Å². The number of rotatable bonds is 5. The van der Waals surface area contributed by atoms with Gasteiger partial charge in [0.1, 0.15) is 5.75 Å². The van der Waals surface area contributed by atoms with Crippen molar-refractivity contribution in [1.82, 2.24) is 0 Å². The second-order valence-corrected chi connectivity index (χ2v) is 7.37. The van der Waals surface area contributed by atoms with Crippen LogP contribution < -0.4 is 4.74 Å². The maximum absolute atomic E-state index is 12.0. The lowest BCUT2D eigenvalue weighted by Gasteiger charge is -2.08. The molecular formula is C16H15ClO4S. The minimum Gasteiger partial charge on any atom is -0.484 e. The van der Waals surface area contributed by atoms with Gasteiger partial charge >= 0.3 is 0 Å². The zero-order chi connectivity index (χ0) is 16.3. The molecule has 22 heavy (non-hydrogen) atoms. The molecule has 0 unspecified atom stereocenters. The molecule has 2 rings (SSSR count). The molecular weight excluding hydrogens is 324 g/mol. The number of benzene rings is 2. The maximum Gasteiger partial charge on any atom is 0.200 e. The number of hydrogen-bond acceptors (Lipinski definition) is 4. The number of aryl methyl sites for hydroxylation is 1. The van der Waals surface area contributed by atoms with Crippen molar-refractivity contribution >= 4 is 27.2 Å². The van der Waals surface area contributed by atoms with Gasteiger partial charge in [-0.1, -0.05) is 17.7 Å². The smallest absolute Gasteiger partial charge is 0.200 e. The van der Waals surface area contributed by atoms with Crippen molar-refractivity contribution in [2.24, 2.45) is 0 Å². The molecule has 0 spiro atoms. The summed E-state index contributed by atoms with van der Waals surface area (Å²) in [5.41, 5.74) is 1.38. The van der Waals surface area contributed by atoms with Crippen LogP contribution >= 0.6 is 11.6 Å². The van der Waals surface area contributed by atoms with E-state index in [0.29, 0.717) is 16.3 Å². The van der Waals surface area contributed by atoms with E-state index in [2.05, 4.69) is 0 Å². The fraction of sp³-hybridized carbons (Fsp3) is 0.188. The van der Waals surface area contributed by atoms with E-state index in [4.69, 9.17) is 16.3 Å². The second kappa shape index (κ2) is 6.50. The summed E-state index contributed by atoms with van der Waals surface area (Å²) in [6.45, 7) is 1.74. The third-order valence-electron chi connectivity index (χ3n) is 3.05. The first-order chi connectivity index (χ1) is 10.3. The number of hydrogen-bond donors (Lipinski definition) is 0. The molecule has 0 aliphatic heterocycles. The summed E-state index contributed by atoms with van der Waals surface area (Å²) in [5.74, 6) is 0.185. The maximum atomic E-state index is 12.0. The molecule has 4 nitrogen and oxygen atoms in total. The monoisotopic (exact) mass is 338 g/mol. The van der Waals surface area contributed by atoms with Gasteiger partial charge < -0.3 is 4.74 Å². The number of halogens is 1. The molecule has 0 N–H and O–H groups in total. The van der Waals surface area contributed by atoms with Crippen LogP contribution in [0.5, 0.6) is 5.75 Å². The Hall–Kier alpha value is -1.85. The lowest BCUT2D eigenvalue weighted by atomic mass is 10.1. The van der Waals surface area contributed by atoms with E-state index in [1.54, 1.807) is 12.1 Å². The average Bonchev–Trinajstić information content (AvgIpc) is 2.45. The Balaban J connectivity index is 2.06. The number of carbonyl (C=O) groups is 1. The van der Waals surface area contributed by atoms with Crippen LogP contribution in [0.2, 0.25) is 5.02 Å². The fourth-order valence-electron chi connectivity index (χ4n) is 1.84. The van der Waals surface area contributed by atoms with Crippen molar-refractivity contribution < 1.29 is 17.9 Å². The van der Waals surface area contributed by atoms with Crippen LogP contribution in [0.4, 0.5) is 0 Å². The van der Waals surface area contributed by atoms with Gasteiger partial charge in [-0.2, -0.15) is 0 Å². The molecule has 0 aliphatic carbocycles. The van der Waals surface area contributed by atoms with Crippen LogP contribution in [0.15, 0.2) is 47.4 Å². The largest absolute Gasteiger partial charge is 0.484 e. The Morgan fingerprint density at radius 2 is 1.77 bits per heavy atom. The van der Waals surface area contributed by atoms with Gasteiger partial charge in [0.2, 0.25) is 0 Å². The summed E-state index contributed by atoms with van der Waals surface area (Å²) in [5, 5.41) is 0.445. The Kier molecular flexibility index (Phi) is 4.88. The fourth-order valence-corrected chi connectivity index (χ4v) is 2.76. The molecule has 6 heteroatoms. The molecule has 0 radical (unpaired) electrons. The van der Waals surface area contributed by atoms with Crippen molar-refractivity contribution in [3.05, 3.63) is 58.6 Å². The molecule has 0 heterocycles. The summed E-state index contributed by atoms with van der Waals surface area (Å²) in [6.07, 6.45) is 1.12. The SMILES string of the molecule is Cc1ccc(OCC(=O)c2ccc(S(C)(=O)=O)cc2)c(Cl)c1. The topological polar surface area (TPSA) is 60.4 Å². The third-order valence-corrected chi connectivity index (χ3v) is 4.47. The zero-order valence-electron chi connectivity index (χ0n) is 12.2. The first kappa shape index (κ1) is 16.5. The van der Waals surface area contributed by atoms with E-state index in [0.717, 1.165) is 11.8 Å². The lowest BCUT2D eigenvalue weighted by Crippen LogP contribution is -2.12. The average molecular weight is 339 g/mol. The molecule has 0 bridgehead atoms. The van der Waals surface area contributed by atoms with Crippen LogP contribution in [0.1, 0.15) is 15.9 Å². The number of Topliss-reactive ketones (excluding diaryl/α,β-unsaturated/α-hetero) is 1. The van der Waals surface area contributed by atoms with Crippen LogP contribution in [0, 0.1) is 6.92 Å². The lowest BCUT2D eigenvalue weighted by molar-refractivity contribution is 0.0921. The quantitative estimate of drug-likeness (QED) is 0.785. The van der Waals surface area contributed by atoms with Crippen molar-refractivity contribution in [2.75, 3.05) is 12.9 Å². The highest BCUT2D eigenvalue weighted by Crippen LogP contribution is 2.25. The van der Waals surface area contributed by atoms with Crippen LogP contribution in [0.3, 0.4) is 0 Å². The molecule has 0 saturated heterocycles. The minimum atomic E-state index is -3.27. The van der Waals surface area contributed by atoms with Gasteiger partial charge in [0, 0.05) is 11.8 Å². The summed E-state index contributed by atoms with van der Waals surface area (Å²) in [4.78, 5) is 12.2. The first-order valence-corrected chi connectivity index (χ1v) is 8.76. The third kappa shape index (κ3) is 4.08. The highest BCUT2D eigenvalue weighted by Gasteiger charge is 2.11. The van der Waals surface area contributed by atoms with Crippen molar-refractivity contribution in [3.8, 4) is 5.75 Å². The summed E-state index contributed by atoms with van der Waals surface area (Å²) >= 11 is 6.03. The summed E-state index contributed by atoms with van der Waals surface area (Å²) in [7, 11) is -3.27. The Morgan fingerprint density at radius 1 is 1.14 bits per heavy atom. The number of ether oxygens (including phenoxy) is 1. The molecule has 0 aromatic heterocycles. The number of carbonyl (C=O) groups excluding carboxylic acids is 1. The molecule has 0 aliphatic rings.